The number of rotatable bonds is 9. The second-order valence-corrected chi connectivity index (χ2v) is 9.30. The number of carboxylic acids is 1. The molecule has 2 aromatic carbocycles. The van der Waals surface area contributed by atoms with E-state index >= 15 is 0 Å². The van der Waals surface area contributed by atoms with E-state index in [2.05, 4.69) is 10.1 Å². The zero-order valence-corrected chi connectivity index (χ0v) is 20.9. The predicted octanol–water partition coefficient (Wildman–Crippen LogP) is 3.84. The van der Waals surface area contributed by atoms with Crippen molar-refractivity contribution in [2.24, 2.45) is 5.92 Å². The molecule has 9 nitrogen and oxygen atoms in total. The highest BCUT2D eigenvalue weighted by Crippen LogP contribution is 2.27. The third-order valence-corrected chi connectivity index (χ3v) is 6.55. The molecule has 1 saturated heterocycles. The molecule has 2 heterocycles. The Hall–Kier alpha value is -4.42. The molecular formula is C27H24F4N2O7. The minimum absolute atomic E-state index is 0.0202. The summed E-state index contributed by atoms with van der Waals surface area (Å²) in [6, 6.07) is 5.23. The first-order valence-corrected chi connectivity index (χ1v) is 12.3. The molecule has 1 fully saturated rings. The van der Waals surface area contributed by atoms with Crippen LogP contribution in [0.25, 0.3) is 11.0 Å². The van der Waals surface area contributed by atoms with Gasteiger partial charge in [-0.25, -0.2) is 8.78 Å². The smallest absolute Gasteiger partial charge is 0.305 e. The van der Waals surface area contributed by atoms with Crippen LogP contribution in [-0.4, -0.2) is 59.3 Å². The van der Waals surface area contributed by atoms with Crippen molar-refractivity contribution in [1.82, 2.24) is 10.2 Å². The van der Waals surface area contributed by atoms with E-state index in [0.717, 1.165) is 0 Å². The minimum Gasteiger partial charge on any atom is -0.481 e. The lowest BCUT2D eigenvalue weighted by Crippen LogP contribution is -2.48. The zero-order valence-electron chi connectivity index (χ0n) is 20.9. The summed E-state index contributed by atoms with van der Waals surface area (Å²) in [6.45, 7) is -0.847. The Balaban J connectivity index is 1.45. The third-order valence-electron chi connectivity index (χ3n) is 6.55. The van der Waals surface area contributed by atoms with E-state index in [1.807, 2.05) is 0 Å². The van der Waals surface area contributed by atoms with Gasteiger partial charge >= 0.3 is 5.97 Å². The summed E-state index contributed by atoms with van der Waals surface area (Å²) < 4.78 is 64.7. The normalized spacial score (nSPS) is 16.3. The zero-order chi connectivity index (χ0) is 29.0. The summed E-state index contributed by atoms with van der Waals surface area (Å²) in [7, 11) is 0. The first-order chi connectivity index (χ1) is 19.1. The molecule has 4 rings (SSSR count). The molecule has 0 aliphatic carbocycles. The molecule has 212 valence electrons. The fourth-order valence-electron chi connectivity index (χ4n) is 4.49. The molecule has 1 aromatic heterocycles. The number of carbonyl (C=O) groups excluding carboxylic acids is 3. The number of furan rings is 1. The molecule has 1 aliphatic heterocycles. The number of para-hydroxylation sites is 1. The van der Waals surface area contributed by atoms with Crippen LogP contribution < -0.4 is 10.1 Å². The topological polar surface area (TPSA) is 126 Å². The van der Waals surface area contributed by atoms with Crippen molar-refractivity contribution in [2.45, 2.75) is 31.7 Å². The first kappa shape index (κ1) is 28.6. The summed E-state index contributed by atoms with van der Waals surface area (Å²) in [5, 5.41) is 12.2. The quantitative estimate of drug-likeness (QED) is 0.299. The van der Waals surface area contributed by atoms with Crippen molar-refractivity contribution in [3.05, 3.63) is 65.4 Å². The van der Waals surface area contributed by atoms with Gasteiger partial charge in [0.1, 0.15) is 24.5 Å². The molecule has 1 unspecified atom stereocenters. The Morgan fingerprint density at radius 3 is 2.48 bits per heavy atom. The summed E-state index contributed by atoms with van der Waals surface area (Å²) >= 11 is 0. The number of fused-ring (bicyclic) bond motifs is 1. The van der Waals surface area contributed by atoms with Gasteiger partial charge in [-0.3, -0.25) is 19.2 Å². The molecule has 2 atom stereocenters. The predicted molar refractivity (Wildman–Crippen MR) is 130 cm³/mol. The minimum atomic E-state index is -1.88. The molecule has 0 spiro atoms. The van der Waals surface area contributed by atoms with Gasteiger partial charge in [0.05, 0.1) is 17.9 Å². The summed E-state index contributed by atoms with van der Waals surface area (Å²) in [4.78, 5) is 51.9. The van der Waals surface area contributed by atoms with Gasteiger partial charge < -0.3 is 24.5 Å². The summed E-state index contributed by atoms with van der Waals surface area (Å²) in [6.07, 6.45) is 1.94. The maximum absolute atomic E-state index is 13.9. The Morgan fingerprint density at radius 1 is 1.07 bits per heavy atom. The van der Waals surface area contributed by atoms with Gasteiger partial charge in [-0.2, -0.15) is 8.78 Å². The van der Waals surface area contributed by atoms with Crippen LogP contribution in [0.4, 0.5) is 17.6 Å². The number of amides is 2. The SMILES string of the molecule is O=C(O)C[C@H](NC(=O)C1CCCCN(C(=O)c2coc3ccccc23)C1)C(=O)COc1c(F)c(F)cc(F)c1F. The third kappa shape index (κ3) is 6.24. The van der Waals surface area contributed by atoms with E-state index in [9.17, 15) is 41.8 Å². The van der Waals surface area contributed by atoms with E-state index < -0.39 is 71.7 Å². The van der Waals surface area contributed by atoms with E-state index in [0.29, 0.717) is 42.3 Å². The van der Waals surface area contributed by atoms with Gasteiger partial charge in [0.2, 0.25) is 17.5 Å². The number of hydrogen-bond donors (Lipinski definition) is 2. The van der Waals surface area contributed by atoms with Crippen LogP contribution >= 0.6 is 0 Å². The van der Waals surface area contributed by atoms with Gasteiger partial charge in [-0.1, -0.05) is 24.6 Å². The van der Waals surface area contributed by atoms with Crippen LogP contribution in [0.15, 0.2) is 41.0 Å². The monoisotopic (exact) mass is 564 g/mol. The van der Waals surface area contributed by atoms with Crippen LogP contribution in [0.2, 0.25) is 0 Å². The van der Waals surface area contributed by atoms with Gasteiger partial charge in [0.15, 0.2) is 23.2 Å². The number of likely N-dealkylation sites (tertiary alicyclic amines) is 1. The fraction of sp³-hybridized carbons (Fsp3) is 0.333. The number of halogens is 4. The van der Waals surface area contributed by atoms with Crippen molar-refractivity contribution in [1.29, 1.82) is 0 Å². The number of nitrogens with zero attached hydrogens (tertiary/aromatic N) is 1. The number of benzene rings is 2. The molecular weight excluding hydrogens is 540 g/mol. The van der Waals surface area contributed by atoms with Crippen molar-refractivity contribution < 1.29 is 51.0 Å². The van der Waals surface area contributed by atoms with Crippen molar-refractivity contribution >= 4 is 34.5 Å². The number of aliphatic carboxylic acids is 1. The Labute approximate surface area is 224 Å². The summed E-state index contributed by atoms with van der Waals surface area (Å²) in [5.74, 6) is -13.2. The average molecular weight is 564 g/mol. The summed E-state index contributed by atoms with van der Waals surface area (Å²) in [5.41, 5.74) is 0.842. The molecule has 2 N–H and O–H groups in total. The molecule has 0 saturated carbocycles. The lowest BCUT2D eigenvalue weighted by Gasteiger charge is -2.25. The Morgan fingerprint density at radius 2 is 1.77 bits per heavy atom. The maximum atomic E-state index is 13.9. The van der Waals surface area contributed by atoms with Crippen LogP contribution in [-0.2, 0) is 14.4 Å². The molecule has 3 aromatic rings. The standard InChI is InChI=1S/C27H24F4N2O7/c28-17-9-18(29)24(31)25(23(17)30)40-13-20(34)19(10-22(35)36)32-26(37)14-5-3-4-8-33(11-14)27(38)16-12-39-21-7-2-1-6-15(16)21/h1-2,6-7,9,12,14,19H,3-5,8,10-11,13H2,(H,32,37)(H,35,36)/t14?,19-/m0/s1. The van der Waals surface area contributed by atoms with Crippen LogP contribution in [0, 0.1) is 29.2 Å². The van der Waals surface area contributed by atoms with Crippen molar-refractivity contribution in [3.63, 3.8) is 0 Å². The van der Waals surface area contributed by atoms with Crippen molar-refractivity contribution in [2.75, 3.05) is 19.7 Å². The van der Waals surface area contributed by atoms with Gasteiger partial charge in [-0.05, 0) is 18.9 Å². The van der Waals surface area contributed by atoms with Gasteiger partial charge in [0, 0.05) is 24.5 Å². The maximum Gasteiger partial charge on any atom is 0.305 e. The van der Waals surface area contributed by atoms with E-state index in [-0.39, 0.29) is 18.5 Å². The number of ketones is 1. The van der Waals surface area contributed by atoms with Crippen LogP contribution in [0.5, 0.6) is 5.75 Å². The number of carboxylic acid groups (broad SMARTS) is 1. The molecule has 2 amide bonds. The van der Waals surface area contributed by atoms with E-state index in [1.165, 1.54) is 11.2 Å². The molecule has 1 aliphatic rings. The highest BCUT2D eigenvalue weighted by atomic mass is 19.2. The lowest BCUT2D eigenvalue weighted by molar-refractivity contribution is -0.141. The number of Topliss-reactive ketones (excluding diaryl/α,β-unsaturated/α-hetero) is 1. The van der Waals surface area contributed by atoms with Gasteiger partial charge in [-0.15, -0.1) is 0 Å². The van der Waals surface area contributed by atoms with Gasteiger partial charge in [0.25, 0.3) is 5.91 Å². The largest absolute Gasteiger partial charge is 0.481 e. The second kappa shape index (κ2) is 12.2. The highest BCUT2D eigenvalue weighted by molar-refractivity contribution is 6.06. The van der Waals surface area contributed by atoms with Crippen LogP contribution in [0.3, 0.4) is 0 Å². The van der Waals surface area contributed by atoms with E-state index in [1.54, 1.807) is 24.3 Å². The average Bonchev–Trinajstić information content (AvgIpc) is 3.19. The lowest BCUT2D eigenvalue weighted by atomic mass is 10.0. The van der Waals surface area contributed by atoms with E-state index in [4.69, 9.17) is 4.42 Å². The number of ether oxygens (including phenoxy) is 1. The number of hydrogen-bond acceptors (Lipinski definition) is 6. The highest BCUT2D eigenvalue weighted by Gasteiger charge is 2.32. The fourth-order valence-corrected chi connectivity index (χ4v) is 4.49. The second-order valence-electron chi connectivity index (χ2n) is 9.30. The first-order valence-electron chi connectivity index (χ1n) is 12.3. The number of nitrogens with one attached hydrogen (secondary N) is 1. The molecule has 0 radical (unpaired) electrons. The number of carbonyl (C=O) groups is 4. The molecule has 13 heteroatoms. The molecule has 40 heavy (non-hydrogen) atoms. The molecule has 0 bridgehead atoms. The van der Waals surface area contributed by atoms with Crippen LogP contribution in [0.1, 0.15) is 36.0 Å². The van der Waals surface area contributed by atoms with Crippen molar-refractivity contribution in [3.8, 4) is 5.75 Å². The Kier molecular flexibility index (Phi) is 8.70. The Bertz CT molecular complexity index is 1430.